The fraction of sp³-hybridized carbons (Fsp3) is 0.941. The summed E-state index contributed by atoms with van der Waals surface area (Å²) < 4.78 is 0. The summed E-state index contributed by atoms with van der Waals surface area (Å²) in [4.78, 5) is 14.6. The molecule has 0 radical (unpaired) electrons. The van der Waals surface area contributed by atoms with Crippen molar-refractivity contribution < 1.29 is 4.79 Å². The van der Waals surface area contributed by atoms with Gasteiger partial charge in [-0.3, -0.25) is 4.79 Å². The van der Waals surface area contributed by atoms with Crippen LogP contribution in [0.15, 0.2) is 0 Å². The number of hydrogen-bond donors (Lipinski definition) is 1. The summed E-state index contributed by atoms with van der Waals surface area (Å²) in [5, 5.41) is 0. The van der Waals surface area contributed by atoms with Crippen LogP contribution in [0.1, 0.15) is 78.6 Å². The summed E-state index contributed by atoms with van der Waals surface area (Å²) in [6.45, 7) is 6.57. The molecule has 0 aliphatic heterocycles. The highest BCUT2D eigenvalue weighted by Crippen LogP contribution is 2.39. The van der Waals surface area contributed by atoms with Crippen molar-refractivity contribution in [2.75, 3.05) is 14.1 Å². The Hall–Kier alpha value is -0.570. The van der Waals surface area contributed by atoms with Crippen LogP contribution in [-0.2, 0) is 4.79 Å². The van der Waals surface area contributed by atoms with Crippen LogP contribution in [0.3, 0.4) is 0 Å². The molecular formula is C17H36N2O. The third-order valence-corrected chi connectivity index (χ3v) is 4.54. The molecule has 3 heteroatoms. The van der Waals surface area contributed by atoms with Crippen molar-refractivity contribution >= 4 is 5.91 Å². The normalized spacial score (nSPS) is 13.7. The Morgan fingerprint density at radius 2 is 1.45 bits per heavy atom. The number of nitrogens with two attached hydrogens (primary N) is 1. The van der Waals surface area contributed by atoms with E-state index < -0.39 is 0 Å². The average molecular weight is 284 g/mol. The van der Waals surface area contributed by atoms with E-state index >= 15 is 0 Å². The summed E-state index contributed by atoms with van der Waals surface area (Å²) in [6.07, 6.45) is 9.68. The molecule has 0 aromatic rings. The largest absolute Gasteiger partial charge is 0.369 e. The topological polar surface area (TPSA) is 46.3 Å². The first kappa shape index (κ1) is 19.4. The third-order valence-electron chi connectivity index (χ3n) is 4.54. The summed E-state index contributed by atoms with van der Waals surface area (Å²) in [5.41, 5.74) is 5.56. The van der Waals surface area contributed by atoms with Crippen molar-refractivity contribution in [2.24, 2.45) is 11.1 Å². The van der Waals surface area contributed by atoms with Gasteiger partial charge in [0.2, 0.25) is 5.91 Å². The highest BCUT2D eigenvalue weighted by atomic mass is 16.1. The molecule has 0 rings (SSSR count). The van der Waals surface area contributed by atoms with Crippen molar-refractivity contribution in [1.29, 1.82) is 0 Å². The van der Waals surface area contributed by atoms with Gasteiger partial charge in [-0.2, -0.15) is 0 Å². The molecule has 3 nitrogen and oxygen atoms in total. The molecule has 0 fully saturated rings. The molecule has 120 valence electrons. The van der Waals surface area contributed by atoms with Gasteiger partial charge in [-0.05, 0) is 33.4 Å². The maximum absolute atomic E-state index is 12.3. The van der Waals surface area contributed by atoms with Crippen molar-refractivity contribution in [3.05, 3.63) is 0 Å². The van der Waals surface area contributed by atoms with E-state index in [0.717, 1.165) is 51.4 Å². The fourth-order valence-electron chi connectivity index (χ4n) is 3.28. The number of carbonyl (C=O) groups is 1. The molecule has 0 aromatic heterocycles. The second-order valence-corrected chi connectivity index (χ2v) is 6.35. The lowest BCUT2D eigenvalue weighted by Crippen LogP contribution is -2.52. The molecule has 1 unspecified atom stereocenters. The summed E-state index contributed by atoms with van der Waals surface area (Å²) >= 11 is 0. The van der Waals surface area contributed by atoms with Gasteiger partial charge in [0.25, 0.3) is 0 Å². The second-order valence-electron chi connectivity index (χ2n) is 6.35. The summed E-state index contributed by atoms with van der Waals surface area (Å²) in [5.74, 6) is -0.0887. The smallest absolute Gasteiger partial charge is 0.225 e. The van der Waals surface area contributed by atoms with E-state index in [2.05, 4.69) is 39.8 Å². The van der Waals surface area contributed by atoms with E-state index in [0.29, 0.717) is 0 Å². The highest BCUT2D eigenvalue weighted by molar-refractivity contribution is 5.81. The molecule has 0 heterocycles. The molecule has 1 amide bonds. The first-order valence-electron chi connectivity index (χ1n) is 8.42. The fourth-order valence-corrected chi connectivity index (χ4v) is 3.28. The van der Waals surface area contributed by atoms with E-state index in [1.165, 1.54) is 6.42 Å². The minimum absolute atomic E-state index is 0.0887. The maximum atomic E-state index is 12.3. The monoisotopic (exact) mass is 284 g/mol. The average Bonchev–Trinajstić information content (AvgIpc) is 2.40. The van der Waals surface area contributed by atoms with Crippen LogP contribution in [0.4, 0.5) is 0 Å². The van der Waals surface area contributed by atoms with Crippen LogP contribution in [0.5, 0.6) is 0 Å². The molecule has 0 saturated heterocycles. The molecule has 0 aromatic carbocycles. The first-order valence-corrected chi connectivity index (χ1v) is 8.42. The molecule has 0 bridgehead atoms. The lowest BCUT2D eigenvalue weighted by Gasteiger charge is -2.42. The van der Waals surface area contributed by atoms with Gasteiger partial charge in [-0.25, -0.2) is 0 Å². The molecule has 1 atom stereocenters. The lowest BCUT2D eigenvalue weighted by atomic mass is 9.69. The zero-order valence-corrected chi connectivity index (χ0v) is 14.4. The Balaban J connectivity index is 5.29. The van der Waals surface area contributed by atoms with Crippen LogP contribution in [0, 0.1) is 5.41 Å². The molecule has 0 aliphatic rings. The van der Waals surface area contributed by atoms with Gasteiger partial charge in [-0.15, -0.1) is 0 Å². The maximum Gasteiger partial charge on any atom is 0.225 e. The lowest BCUT2D eigenvalue weighted by molar-refractivity contribution is -0.133. The van der Waals surface area contributed by atoms with Crippen LogP contribution in [-0.4, -0.2) is 30.9 Å². The van der Waals surface area contributed by atoms with Crippen LogP contribution in [0.2, 0.25) is 0 Å². The molecule has 0 aliphatic carbocycles. The summed E-state index contributed by atoms with van der Waals surface area (Å²) in [7, 11) is 4.19. The Bertz CT molecular complexity index is 256. The van der Waals surface area contributed by atoms with Crippen molar-refractivity contribution in [2.45, 2.75) is 84.6 Å². The van der Waals surface area contributed by atoms with E-state index in [1.807, 2.05) is 0 Å². The van der Waals surface area contributed by atoms with Gasteiger partial charge in [0.05, 0.1) is 5.41 Å². The molecule has 0 spiro atoms. The van der Waals surface area contributed by atoms with Gasteiger partial charge >= 0.3 is 0 Å². The van der Waals surface area contributed by atoms with Crippen LogP contribution in [0.25, 0.3) is 0 Å². The number of carbonyl (C=O) groups excluding carboxylic acids is 1. The highest BCUT2D eigenvalue weighted by Gasteiger charge is 2.43. The zero-order chi connectivity index (χ0) is 15.6. The standard InChI is InChI=1S/C17H36N2O/c1-6-9-12-15(19(4)5)17(16(18)20,13-10-7-2)14-11-8-3/h15H,6-14H2,1-5H3,(H2,18,20). The number of unbranched alkanes of at least 4 members (excludes halogenated alkanes) is 3. The van der Waals surface area contributed by atoms with Gasteiger partial charge < -0.3 is 10.6 Å². The van der Waals surface area contributed by atoms with E-state index in [4.69, 9.17) is 5.73 Å². The van der Waals surface area contributed by atoms with Crippen molar-refractivity contribution in [3.63, 3.8) is 0 Å². The molecule has 2 N–H and O–H groups in total. The van der Waals surface area contributed by atoms with Crippen LogP contribution < -0.4 is 5.73 Å². The van der Waals surface area contributed by atoms with E-state index in [-0.39, 0.29) is 17.4 Å². The van der Waals surface area contributed by atoms with Gasteiger partial charge in [0, 0.05) is 6.04 Å². The van der Waals surface area contributed by atoms with E-state index in [1.54, 1.807) is 0 Å². The minimum Gasteiger partial charge on any atom is -0.369 e. The Morgan fingerprint density at radius 3 is 1.75 bits per heavy atom. The quantitative estimate of drug-likeness (QED) is 0.589. The van der Waals surface area contributed by atoms with E-state index in [9.17, 15) is 4.79 Å². The summed E-state index contributed by atoms with van der Waals surface area (Å²) in [6, 6.07) is 0.276. The Kier molecular flexibility index (Phi) is 9.91. The first-order chi connectivity index (χ1) is 9.46. The predicted molar refractivity (Wildman–Crippen MR) is 87.7 cm³/mol. The Labute approximate surface area is 126 Å². The zero-order valence-electron chi connectivity index (χ0n) is 14.4. The molecular weight excluding hydrogens is 248 g/mol. The second kappa shape index (κ2) is 10.2. The molecule has 20 heavy (non-hydrogen) atoms. The van der Waals surface area contributed by atoms with Crippen molar-refractivity contribution in [1.82, 2.24) is 4.90 Å². The molecule has 0 saturated carbocycles. The van der Waals surface area contributed by atoms with Gasteiger partial charge in [-0.1, -0.05) is 59.3 Å². The Morgan fingerprint density at radius 1 is 1.00 bits per heavy atom. The third kappa shape index (κ3) is 5.43. The SMILES string of the molecule is CCCCC(N(C)C)C(CCCC)(CCCC)C(N)=O. The van der Waals surface area contributed by atoms with Gasteiger partial charge in [0.15, 0.2) is 0 Å². The van der Waals surface area contributed by atoms with Gasteiger partial charge in [0.1, 0.15) is 0 Å². The number of primary amides is 1. The number of rotatable bonds is 12. The number of nitrogens with zero attached hydrogens (tertiary/aromatic N) is 1. The number of hydrogen-bond acceptors (Lipinski definition) is 2. The van der Waals surface area contributed by atoms with Crippen molar-refractivity contribution in [3.8, 4) is 0 Å². The number of amides is 1. The minimum atomic E-state index is -0.343. The predicted octanol–water partition coefficient (Wildman–Crippen LogP) is 3.96. The van der Waals surface area contributed by atoms with Crippen LogP contribution >= 0.6 is 0 Å².